The minimum Gasteiger partial charge on any atom is -0.462 e. The molecule has 1 rings (SSSR count). The van der Waals surface area contributed by atoms with Crippen LogP contribution in [0, 0.1) is 17.8 Å². The lowest BCUT2D eigenvalue weighted by atomic mass is 9.97. The summed E-state index contributed by atoms with van der Waals surface area (Å²) in [7, 11) is 0. The van der Waals surface area contributed by atoms with Crippen LogP contribution in [0.2, 0.25) is 0 Å². The Morgan fingerprint density at radius 2 is 1.52 bits per heavy atom. The summed E-state index contributed by atoms with van der Waals surface area (Å²) in [6, 6.07) is 0. The van der Waals surface area contributed by atoms with Gasteiger partial charge in [-0.05, 0) is 30.6 Å². The van der Waals surface area contributed by atoms with Crippen molar-refractivity contribution in [2.75, 3.05) is 13.2 Å². The van der Waals surface area contributed by atoms with Gasteiger partial charge >= 0.3 is 11.9 Å². The van der Waals surface area contributed by atoms with Crippen molar-refractivity contribution in [2.45, 2.75) is 53.4 Å². The maximum atomic E-state index is 12.2. The molecule has 0 aromatic rings. The summed E-state index contributed by atoms with van der Waals surface area (Å²) in [6.07, 6.45) is 5.43. The second kappa shape index (κ2) is 8.85. The number of carbonyl (C=O) groups excluding carboxylic acids is 2. The van der Waals surface area contributed by atoms with Crippen LogP contribution in [0.3, 0.4) is 0 Å². The lowest BCUT2D eigenvalue weighted by Gasteiger charge is -2.15. The molecular weight excluding hydrogens is 268 g/mol. The second-order valence-corrected chi connectivity index (χ2v) is 6.60. The molecule has 0 aromatic carbocycles. The van der Waals surface area contributed by atoms with E-state index in [1.807, 2.05) is 27.7 Å². The predicted octanol–water partition coefficient (Wildman–Crippen LogP) is 3.50. The lowest BCUT2D eigenvalue weighted by molar-refractivity contribution is -0.143. The third-order valence-corrected chi connectivity index (χ3v) is 3.41. The summed E-state index contributed by atoms with van der Waals surface area (Å²) >= 11 is 0. The van der Waals surface area contributed by atoms with E-state index in [0.29, 0.717) is 18.8 Å². The Morgan fingerprint density at radius 1 is 1.00 bits per heavy atom. The average molecular weight is 296 g/mol. The molecule has 0 atom stereocenters. The van der Waals surface area contributed by atoms with Gasteiger partial charge in [0.2, 0.25) is 0 Å². The van der Waals surface area contributed by atoms with Crippen molar-refractivity contribution in [3.05, 3.63) is 11.6 Å². The molecule has 1 aliphatic carbocycles. The zero-order valence-electron chi connectivity index (χ0n) is 13.7. The second-order valence-electron chi connectivity index (χ2n) is 6.60. The van der Waals surface area contributed by atoms with E-state index in [2.05, 4.69) is 0 Å². The van der Waals surface area contributed by atoms with Gasteiger partial charge in [-0.15, -0.1) is 0 Å². The van der Waals surface area contributed by atoms with Crippen LogP contribution < -0.4 is 0 Å². The van der Waals surface area contributed by atoms with E-state index in [1.54, 1.807) is 0 Å². The van der Waals surface area contributed by atoms with Crippen molar-refractivity contribution in [1.29, 1.82) is 0 Å². The van der Waals surface area contributed by atoms with E-state index in [4.69, 9.17) is 9.47 Å². The first-order chi connectivity index (χ1) is 9.90. The number of ether oxygens (including phenoxy) is 2. The molecule has 0 bridgehead atoms. The molecule has 4 heteroatoms. The minimum atomic E-state index is -0.438. The normalized spacial score (nSPS) is 16.6. The first kappa shape index (κ1) is 17.7. The van der Waals surface area contributed by atoms with Crippen LogP contribution in [0.5, 0.6) is 0 Å². The van der Waals surface area contributed by atoms with Gasteiger partial charge in [-0.3, -0.25) is 0 Å². The Hall–Kier alpha value is -1.32. The van der Waals surface area contributed by atoms with Crippen LogP contribution >= 0.6 is 0 Å². The van der Waals surface area contributed by atoms with Crippen molar-refractivity contribution < 1.29 is 19.1 Å². The maximum absolute atomic E-state index is 12.2. The molecule has 4 nitrogen and oxygen atoms in total. The molecule has 0 saturated heterocycles. The fourth-order valence-electron chi connectivity index (χ4n) is 2.32. The zero-order valence-corrected chi connectivity index (χ0v) is 13.7. The van der Waals surface area contributed by atoms with Crippen molar-refractivity contribution >= 4 is 11.9 Å². The monoisotopic (exact) mass is 296 g/mol. The lowest BCUT2D eigenvalue weighted by Crippen LogP contribution is -2.19. The van der Waals surface area contributed by atoms with Gasteiger partial charge in [-0.2, -0.15) is 0 Å². The van der Waals surface area contributed by atoms with E-state index < -0.39 is 5.97 Å². The summed E-state index contributed by atoms with van der Waals surface area (Å²) < 4.78 is 10.4. The van der Waals surface area contributed by atoms with Gasteiger partial charge in [0.25, 0.3) is 0 Å². The van der Waals surface area contributed by atoms with Crippen LogP contribution in [0.1, 0.15) is 53.4 Å². The van der Waals surface area contributed by atoms with Crippen molar-refractivity contribution in [3.8, 4) is 0 Å². The highest BCUT2D eigenvalue weighted by molar-refractivity contribution is 5.96. The molecular formula is C17H28O4. The van der Waals surface area contributed by atoms with Crippen LogP contribution in [0.15, 0.2) is 11.6 Å². The Balaban J connectivity index is 2.71. The molecule has 1 saturated carbocycles. The summed E-state index contributed by atoms with van der Waals surface area (Å²) in [4.78, 5) is 24.1. The molecule has 0 radical (unpaired) electrons. The van der Waals surface area contributed by atoms with Crippen LogP contribution in [-0.4, -0.2) is 25.2 Å². The number of carbonyl (C=O) groups is 2. The number of rotatable bonds is 7. The summed E-state index contributed by atoms with van der Waals surface area (Å²) in [5.41, 5.74) is 0.488. The van der Waals surface area contributed by atoms with E-state index in [9.17, 15) is 9.59 Å². The number of hydrogen-bond donors (Lipinski definition) is 0. The molecule has 0 spiro atoms. The van der Waals surface area contributed by atoms with Gasteiger partial charge in [0.15, 0.2) is 0 Å². The Morgan fingerprint density at radius 3 is 2.05 bits per heavy atom. The highest BCUT2D eigenvalue weighted by Crippen LogP contribution is 2.31. The molecule has 21 heavy (non-hydrogen) atoms. The molecule has 0 aliphatic heterocycles. The molecule has 1 aliphatic rings. The summed E-state index contributed by atoms with van der Waals surface area (Å²) in [5, 5.41) is 0. The Labute approximate surface area is 127 Å². The Bertz CT molecular complexity index is 376. The molecule has 120 valence electrons. The molecule has 0 unspecified atom stereocenters. The third kappa shape index (κ3) is 6.78. The average Bonchev–Trinajstić information content (AvgIpc) is 2.93. The number of esters is 2. The SMILES string of the molecule is CC(C)COC(=O)C=C(C(=O)OCC(C)C)C1CCCC1. The van der Waals surface area contributed by atoms with Gasteiger partial charge < -0.3 is 9.47 Å². The molecule has 1 fully saturated rings. The predicted molar refractivity (Wildman–Crippen MR) is 81.6 cm³/mol. The van der Waals surface area contributed by atoms with Gasteiger partial charge in [-0.1, -0.05) is 40.5 Å². The molecule has 0 aromatic heterocycles. The smallest absolute Gasteiger partial charge is 0.334 e. The van der Waals surface area contributed by atoms with E-state index in [1.165, 1.54) is 6.08 Å². The molecule has 0 heterocycles. The van der Waals surface area contributed by atoms with Crippen molar-refractivity contribution in [3.63, 3.8) is 0 Å². The van der Waals surface area contributed by atoms with Gasteiger partial charge in [0.1, 0.15) is 0 Å². The van der Waals surface area contributed by atoms with E-state index in [-0.39, 0.29) is 23.7 Å². The fraction of sp³-hybridized carbons (Fsp3) is 0.765. The van der Waals surface area contributed by atoms with Crippen LogP contribution in [-0.2, 0) is 19.1 Å². The van der Waals surface area contributed by atoms with Crippen LogP contribution in [0.4, 0.5) is 0 Å². The highest BCUT2D eigenvalue weighted by atomic mass is 16.5. The van der Waals surface area contributed by atoms with Crippen molar-refractivity contribution in [1.82, 2.24) is 0 Å². The fourth-order valence-corrected chi connectivity index (χ4v) is 2.32. The zero-order chi connectivity index (χ0) is 15.8. The van der Waals surface area contributed by atoms with Gasteiger partial charge in [-0.25, -0.2) is 9.59 Å². The Kier molecular flexibility index (Phi) is 7.48. The standard InChI is InChI=1S/C17H28O4/c1-12(2)10-20-16(18)9-15(14-7-5-6-8-14)17(19)21-11-13(3)4/h9,12-14H,5-8,10-11H2,1-4H3. The summed E-state index contributed by atoms with van der Waals surface area (Å²) in [6.45, 7) is 8.68. The highest BCUT2D eigenvalue weighted by Gasteiger charge is 2.27. The number of hydrogen-bond acceptors (Lipinski definition) is 4. The molecule has 0 N–H and O–H groups in total. The largest absolute Gasteiger partial charge is 0.462 e. The first-order valence-electron chi connectivity index (χ1n) is 7.95. The third-order valence-electron chi connectivity index (χ3n) is 3.41. The minimum absolute atomic E-state index is 0.135. The van der Waals surface area contributed by atoms with Gasteiger partial charge in [0, 0.05) is 11.6 Å². The first-order valence-corrected chi connectivity index (χ1v) is 7.95. The van der Waals surface area contributed by atoms with Gasteiger partial charge in [0.05, 0.1) is 13.2 Å². The van der Waals surface area contributed by atoms with Crippen molar-refractivity contribution in [2.24, 2.45) is 17.8 Å². The molecule has 0 amide bonds. The van der Waals surface area contributed by atoms with E-state index >= 15 is 0 Å². The van der Waals surface area contributed by atoms with Crippen LogP contribution in [0.25, 0.3) is 0 Å². The van der Waals surface area contributed by atoms with E-state index in [0.717, 1.165) is 25.7 Å². The topological polar surface area (TPSA) is 52.6 Å². The maximum Gasteiger partial charge on any atom is 0.334 e. The quantitative estimate of drug-likeness (QED) is 0.533. The summed E-state index contributed by atoms with van der Waals surface area (Å²) in [5.74, 6) is -0.0997.